The van der Waals surface area contributed by atoms with Gasteiger partial charge in [-0.25, -0.2) is 9.37 Å². The highest BCUT2D eigenvalue weighted by molar-refractivity contribution is 5.54. The second kappa shape index (κ2) is 5.67. The van der Waals surface area contributed by atoms with Gasteiger partial charge in [0.2, 0.25) is 5.95 Å². The van der Waals surface area contributed by atoms with Crippen LogP contribution in [0.5, 0.6) is 0 Å². The van der Waals surface area contributed by atoms with E-state index in [0.717, 1.165) is 31.0 Å². The highest BCUT2D eigenvalue weighted by Gasteiger charge is 2.04. The zero-order valence-electron chi connectivity index (χ0n) is 10.8. The quantitative estimate of drug-likeness (QED) is 0.869. The number of unbranched alkanes of at least 4 members (excludes halogenated alkanes) is 1. The number of anilines is 2. The van der Waals surface area contributed by atoms with Crippen molar-refractivity contribution in [1.29, 1.82) is 0 Å². The number of hydrogen-bond donors (Lipinski definition) is 1. The first-order chi connectivity index (χ1) is 8.70. The van der Waals surface area contributed by atoms with Gasteiger partial charge in [0.25, 0.3) is 0 Å². The number of aryl methyl sites for hydroxylation is 2. The van der Waals surface area contributed by atoms with Gasteiger partial charge >= 0.3 is 0 Å². The van der Waals surface area contributed by atoms with Crippen molar-refractivity contribution in [2.45, 2.75) is 33.2 Å². The molecule has 0 aliphatic heterocycles. The van der Waals surface area contributed by atoms with E-state index in [0.29, 0.717) is 5.56 Å². The normalized spacial score (nSPS) is 10.6. The Labute approximate surface area is 107 Å². The summed E-state index contributed by atoms with van der Waals surface area (Å²) in [6, 6.07) is 5.11. The summed E-state index contributed by atoms with van der Waals surface area (Å²) in [5, 5.41) is 3.14. The van der Waals surface area contributed by atoms with Crippen LogP contribution in [0.1, 0.15) is 25.3 Å². The average Bonchev–Trinajstić information content (AvgIpc) is 2.79. The molecule has 1 N–H and O–H groups in total. The van der Waals surface area contributed by atoms with Crippen LogP contribution in [0.3, 0.4) is 0 Å². The maximum Gasteiger partial charge on any atom is 0.207 e. The van der Waals surface area contributed by atoms with E-state index in [1.807, 2.05) is 16.8 Å². The van der Waals surface area contributed by atoms with Gasteiger partial charge in [-0.15, -0.1) is 0 Å². The third-order valence-electron chi connectivity index (χ3n) is 2.90. The fraction of sp³-hybridized carbons (Fsp3) is 0.357. The van der Waals surface area contributed by atoms with E-state index in [9.17, 15) is 4.39 Å². The van der Waals surface area contributed by atoms with Gasteiger partial charge in [-0.05, 0) is 31.0 Å². The summed E-state index contributed by atoms with van der Waals surface area (Å²) >= 11 is 0. The molecule has 1 heterocycles. The lowest BCUT2D eigenvalue weighted by atomic mass is 10.2. The predicted octanol–water partition coefficient (Wildman–Crippen LogP) is 3.87. The van der Waals surface area contributed by atoms with Crippen LogP contribution in [0, 0.1) is 12.7 Å². The van der Waals surface area contributed by atoms with Crippen LogP contribution >= 0.6 is 0 Å². The van der Waals surface area contributed by atoms with Crippen molar-refractivity contribution in [3.63, 3.8) is 0 Å². The molecule has 3 nitrogen and oxygen atoms in total. The molecule has 18 heavy (non-hydrogen) atoms. The molecular weight excluding hydrogens is 229 g/mol. The zero-order valence-corrected chi connectivity index (χ0v) is 10.8. The number of aromatic nitrogens is 2. The van der Waals surface area contributed by atoms with E-state index >= 15 is 0 Å². The summed E-state index contributed by atoms with van der Waals surface area (Å²) < 4.78 is 15.5. The molecule has 0 aliphatic rings. The SMILES string of the molecule is CCCCn1ccnc1Nc1ccc(C)c(F)c1. The number of hydrogen-bond acceptors (Lipinski definition) is 2. The molecule has 0 amide bonds. The second-order valence-electron chi connectivity index (χ2n) is 4.39. The van der Waals surface area contributed by atoms with Gasteiger partial charge in [-0.1, -0.05) is 19.4 Å². The molecule has 1 aromatic carbocycles. The molecule has 0 fully saturated rings. The predicted molar refractivity (Wildman–Crippen MR) is 71.6 cm³/mol. The number of nitrogens with zero attached hydrogens (tertiary/aromatic N) is 2. The lowest BCUT2D eigenvalue weighted by Crippen LogP contribution is -2.03. The summed E-state index contributed by atoms with van der Waals surface area (Å²) in [6.45, 7) is 4.83. The third kappa shape index (κ3) is 2.88. The smallest absolute Gasteiger partial charge is 0.207 e. The molecule has 0 unspecified atom stereocenters. The summed E-state index contributed by atoms with van der Waals surface area (Å²) in [5.41, 5.74) is 1.37. The molecule has 2 rings (SSSR count). The Kier molecular flexibility index (Phi) is 3.97. The molecule has 0 radical (unpaired) electrons. The monoisotopic (exact) mass is 247 g/mol. The Morgan fingerprint density at radius 2 is 2.22 bits per heavy atom. The highest BCUT2D eigenvalue weighted by atomic mass is 19.1. The summed E-state index contributed by atoms with van der Waals surface area (Å²) in [7, 11) is 0. The number of imidazole rings is 1. The van der Waals surface area contributed by atoms with Gasteiger partial charge in [-0.3, -0.25) is 0 Å². The summed E-state index contributed by atoms with van der Waals surface area (Å²) in [4.78, 5) is 4.25. The lowest BCUT2D eigenvalue weighted by Gasteiger charge is -2.09. The molecule has 0 bridgehead atoms. The van der Waals surface area contributed by atoms with E-state index in [1.54, 1.807) is 19.2 Å². The second-order valence-corrected chi connectivity index (χ2v) is 4.39. The van der Waals surface area contributed by atoms with Crippen LogP contribution in [0.4, 0.5) is 16.0 Å². The van der Waals surface area contributed by atoms with Gasteiger partial charge < -0.3 is 9.88 Å². The molecule has 0 saturated carbocycles. The highest BCUT2D eigenvalue weighted by Crippen LogP contribution is 2.18. The minimum atomic E-state index is -0.202. The van der Waals surface area contributed by atoms with Crippen LogP contribution in [0.2, 0.25) is 0 Å². The first kappa shape index (κ1) is 12.6. The Morgan fingerprint density at radius 1 is 1.39 bits per heavy atom. The molecule has 0 aliphatic carbocycles. The molecule has 2 aromatic rings. The first-order valence-corrected chi connectivity index (χ1v) is 6.25. The third-order valence-corrected chi connectivity index (χ3v) is 2.90. The topological polar surface area (TPSA) is 29.9 Å². The fourth-order valence-electron chi connectivity index (χ4n) is 1.74. The minimum absolute atomic E-state index is 0.202. The standard InChI is InChI=1S/C14H18FN3/c1-3-4-8-18-9-7-16-14(18)17-12-6-5-11(2)13(15)10-12/h5-7,9-10H,3-4,8H2,1-2H3,(H,16,17). The molecule has 96 valence electrons. The van der Waals surface area contributed by atoms with Crippen LogP contribution in [-0.4, -0.2) is 9.55 Å². The van der Waals surface area contributed by atoms with E-state index in [1.165, 1.54) is 6.07 Å². The Balaban J connectivity index is 2.13. The average molecular weight is 247 g/mol. The Bertz CT molecular complexity index is 520. The number of rotatable bonds is 5. The lowest BCUT2D eigenvalue weighted by molar-refractivity contribution is 0.618. The van der Waals surface area contributed by atoms with Crippen molar-refractivity contribution in [2.75, 3.05) is 5.32 Å². The van der Waals surface area contributed by atoms with Crippen molar-refractivity contribution in [3.05, 3.63) is 42.0 Å². The van der Waals surface area contributed by atoms with Crippen molar-refractivity contribution in [2.24, 2.45) is 0 Å². The molecule has 1 aromatic heterocycles. The molecule has 4 heteroatoms. The van der Waals surface area contributed by atoms with Gasteiger partial charge in [0.15, 0.2) is 0 Å². The Hall–Kier alpha value is -1.84. The molecule has 0 atom stereocenters. The van der Waals surface area contributed by atoms with Gasteiger partial charge in [0.1, 0.15) is 5.82 Å². The van der Waals surface area contributed by atoms with E-state index in [2.05, 4.69) is 17.2 Å². The van der Waals surface area contributed by atoms with Crippen LogP contribution < -0.4 is 5.32 Å². The minimum Gasteiger partial charge on any atom is -0.326 e. The van der Waals surface area contributed by atoms with E-state index in [-0.39, 0.29) is 5.82 Å². The molecule has 0 spiro atoms. The Morgan fingerprint density at radius 3 is 2.94 bits per heavy atom. The van der Waals surface area contributed by atoms with Crippen molar-refractivity contribution < 1.29 is 4.39 Å². The summed E-state index contributed by atoms with van der Waals surface area (Å²) in [6.07, 6.45) is 5.93. The van der Waals surface area contributed by atoms with Gasteiger partial charge in [0.05, 0.1) is 0 Å². The summed E-state index contributed by atoms with van der Waals surface area (Å²) in [5.74, 6) is 0.554. The maximum atomic E-state index is 13.4. The van der Waals surface area contributed by atoms with E-state index < -0.39 is 0 Å². The van der Waals surface area contributed by atoms with Gasteiger partial charge in [0, 0.05) is 24.6 Å². The molecular formula is C14H18FN3. The van der Waals surface area contributed by atoms with Crippen LogP contribution in [0.25, 0.3) is 0 Å². The van der Waals surface area contributed by atoms with Gasteiger partial charge in [-0.2, -0.15) is 0 Å². The fourth-order valence-corrected chi connectivity index (χ4v) is 1.74. The van der Waals surface area contributed by atoms with Crippen LogP contribution in [-0.2, 0) is 6.54 Å². The van der Waals surface area contributed by atoms with Crippen LogP contribution in [0.15, 0.2) is 30.6 Å². The molecule has 0 saturated heterocycles. The first-order valence-electron chi connectivity index (χ1n) is 6.25. The number of halogens is 1. The van der Waals surface area contributed by atoms with Crippen molar-refractivity contribution in [1.82, 2.24) is 9.55 Å². The van der Waals surface area contributed by atoms with Crippen molar-refractivity contribution >= 4 is 11.6 Å². The van der Waals surface area contributed by atoms with Crippen molar-refractivity contribution in [3.8, 4) is 0 Å². The largest absolute Gasteiger partial charge is 0.326 e. The number of nitrogens with one attached hydrogen (secondary N) is 1. The van der Waals surface area contributed by atoms with E-state index in [4.69, 9.17) is 0 Å². The maximum absolute atomic E-state index is 13.4. The number of benzene rings is 1. The zero-order chi connectivity index (χ0) is 13.0.